The van der Waals surface area contributed by atoms with Crippen molar-refractivity contribution >= 4 is 15.9 Å². The van der Waals surface area contributed by atoms with Gasteiger partial charge in [0, 0.05) is 39.9 Å². The van der Waals surface area contributed by atoms with Crippen molar-refractivity contribution in [3.8, 4) is 0 Å². The maximum atomic E-state index is 12.8. The van der Waals surface area contributed by atoms with E-state index in [-0.39, 0.29) is 16.2 Å². The van der Waals surface area contributed by atoms with Crippen LogP contribution in [0, 0.1) is 5.41 Å². The minimum atomic E-state index is -3.54. The number of nitrogens with zero attached hydrogens (tertiary/aromatic N) is 2. The maximum Gasteiger partial charge on any atom is 0.267 e. The Hall–Kier alpha value is -1.38. The molecule has 0 aromatic carbocycles. The Labute approximate surface area is 130 Å². The predicted octanol–water partition coefficient (Wildman–Crippen LogP) is -0.241. The van der Waals surface area contributed by atoms with E-state index in [9.17, 15) is 13.2 Å². The van der Waals surface area contributed by atoms with Gasteiger partial charge in [0.05, 0.1) is 0 Å². The Balaban J connectivity index is 1.86. The first-order valence-corrected chi connectivity index (χ1v) is 8.91. The normalized spacial score (nSPS) is 25.9. The lowest BCUT2D eigenvalue weighted by Crippen LogP contribution is -2.33. The fourth-order valence-electron chi connectivity index (χ4n) is 3.42. The molecule has 22 heavy (non-hydrogen) atoms. The van der Waals surface area contributed by atoms with Crippen molar-refractivity contribution in [2.24, 2.45) is 12.5 Å². The highest BCUT2D eigenvalue weighted by Crippen LogP contribution is 2.38. The van der Waals surface area contributed by atoms with E-state index in [0.717, 1.165) is 25.9 Å². The first-order chi connectivity index (χ1) is 10.4. The monoisotopic (exact) mass is 326 g/mol. The molecule has 2 saturated heterocycles. The minimum Gasteiger partial charge on any atom is -0.354 e. The molecular weight excluding hydrogens is 304 g/mol. The molecule has 7 nitrogen and oxygen atoms in total. The van der Waals surface area contributed by atoms with Crippen LogP contribution < -0.4 is 10.6 Å². The summed E-state index contributed by atoms with van der Waals surface area (Å²) in [6.07, 6.45) is 3.43. The second kappa shape index (κ2) is 5.36. The van der Waals surface area contributed by atoms with Gasteiger partial charge in [0.15, 0.2) is 0 Å². The van der Waals surface area contributed by atoms with Gasteiger partial charge < -0.3 is 15.2 Å². The third kappa shape index (κ3) is 2.45. The van der Waals surface area contributed by atoms with Crippen molar-refractivity contribution in [2.45, 2.75) is 17.7 Å². The molecule has 1 unspecified atom stereocenters. The predicted molar refractivity (Wildman–Crippen MR) is 82.1 cm³/mol. The van der Waals surface area contributed by atoms with Gasteiger partial charge in [-0.3, -0.25) is 4.79 Å². The second-order valence-electron chi connectivity index (χ2n) is 6.27. The van der Waals surface area contributed by atoms with Gasteiger partial charge in [-0.2, -0.15) is 4.31 Å². The molecule has 2 aliphatic heterocycles. The molecule has 2 N–H and O–H groups in total. The Morgan fingerprint density at radius 2 is 2.18 bits per heavy atom. The number of sulfonamides is 1. The molecule has 3 rings (SSSR count). The van der Waals surface area contributed by atoms with Gasteiger partial charge in [-0.1, -0.05) is 0 Å². The number of nitrogens with one attached hydrogen (secondary N) is 2. The summed E-state index contributed by atoms with van der Waals surface area (Å²) >= 11 is 0. The van der Waals surface area contributed by atoms with Crippen LogP contribution in [0.1, 0.15) is 23.3 Å². The number of carbonyl (C=O) groups is 1. The van der Waals surface area contributed by atoms with E-state index in [2.05, 4.69) is 10.6 Å². The topological polar surface area (TPSA) is 83.4 Å². The maximum absolute atomic E-state index is 12.8. The standard InChI is InChI=1S/C14H22N4O3S/c1-15-13(19)12-7-11(8-17(12)2)22(20,21)18-6-4-14(10-18)3-5-16-9-14/h7-8,16H,3-6,9-10H2,1-2H3,(H,15,19). The largest absolute Gasteiger partial charge is 0.354 e. The summed E-state index contributed by atoms with van der Waals surface area (Å²) in [5.41, 5.74) is 0.434. The average molecular weight is 326 g/mol. The molecule has 122 valence electrons. The Morgan fingerprint density at radius 3 is 2.82 bits per heavy atom. The summed E-state index contributed by atoms with van der Waals surface area (Å²) in [6, 6.07) is 1.45. The molecule has 0 bridgehead atoms. The lowest BCUT2D eigenvalue weighted by molar-refractivity contribution is 0.0955. The van der Waals surface area contributed by atoms with Crippen molar-refractivity contribution in [1.82, 2.24) is 19.5 Å². The Kier molecular flexibility index (Phi) is 3.78. The van der Waals surface area contributed by atoms with E-state index >= 15 is 0 Å². The van der Waals surface area contributed by atoms with Gasteiger partial charge in [-0.05, 0) is 30.9 Å². The van der Waals surface area contributed by atoms with Gasteiger partial charge >= 0.3 is 0 Å². The van der Waals surface area contributed by atoms with Gasteiger partial charge in [-0.25, -0.2) is 8.42 Å². The second-order valence-corrected chi connectivity index (χ2v) is 8.20. The molecule has 1 aromatic rings. The summed E-state index contributed by atoms with van der Waals surface area (Å²) in [7, 11) is -0.336. The number of amides is 1. The SMILES string of the molecule is CNC(=O)c1cc(S(=O)(=O)N2CCC3(CCNC3)C2)cn1C. The van der Waals surface area contributed by atoms with Crippen molar-refractivity contribution < 1.29 is 13.2 Å². The fourth-order valence-corrected chi connectivity index (χ4v) is 5.05. The van der Waals surface area contributed by atoms with E-state index < -0.39 is 10.0 Å². The molecule has 3 heterocycles. The third-order valence-corrected chi connectivity index (χ3v) is 6.62. The first kappa shape index (κ1) is 15.5. The number of hydrogen-bond acceptors (Lipinski definition) is 4. The smallest absolute Gasteiger partial charge is 0.267 e. The Bertz CT molecular complexity index is 689. The van der Waals surface area contributed by atoms with Crippen LogP contribution in [0.25, 0.3) is 0 Å². The van der Waals surface area contributed by atoms with Gasteiger partial charge in [0.2, 0.25) is 10.0 Å². The van der Waals surface area contributed by atoms with Crippen molar-refractivity contribution in [3.05, 3.63) is 18.0 Å². The van der Waals surface area contributed by atoms with E-state index in [1.54, 1.807) is 15.9 Å². The third-order valence-electron chi connectivity index (χ3n) is 4.81. The lowest BCUT2D eigenvalue weighted by atomic mass is 9.87. The summed E-state index contributed by atoms with van der Waals surface area (Å²) in [4.78, 5) is 11.9. The van der Waals surface area contributed by atoms with Gasteiger partial charge in [0.1, 0.15) is 10.6 Å². The summed E-state index contributed by atoms with van der Waals surface area (Å²) in [6.45, 7) is 2.96. The fraction of sp³-hybridized carbons (Fsp3) is 0.643. The highest BCUT2D eigenvalue weighted by Gasteiger charge is 2.44. The quantitative estimate of drug-likeness (QED) is 0.803. The number of aromatic nitrogens is 1. The molecule has 0 aliphatic carbocycles. The van der Waals surface area contributed by atoms with Crippen LogP contribution in [-0.2, 0) is 17.1 Å². The zero-order valence-electron chi connectivity index (χ0n) is 12.9. The first-order valence-electron chi connectivity index (χ1n) is 7.47. The summed E-state index contributed by atoms with van der Waals surface area (Å²) in [5.74, 6) is -0.290. The molecule has 0 saturated carbocycles. The van der Waals surface area contributed by atoms with Crippen LogP contribution in [0.4, 0.5) is 0 Å². The van der Waals surface area contributed by atoms with Gasteiger partial charge in [-0.15, -0.1) is 0 Å². The van der Waals surface area contributed by atoms with Crippen LogP contribution in [0.15, 0.2) is 17.2 Å². The molecule has 1 amide bonds. The highest BCUT2D eigenvalue weighted by atomic mass is 32.2. The van der Waals surface area contributed by atoms with Crippen LogP contribution in [-0.4, -0.2) is 56.4 Å². The molecule has 1 aromatic heterocycles. The van der Waals surface area contributed by atoms with Crippen LogP contribution in [0.3, 0.4) is 0 Å². The molecular formula is C14H22N4O3S. The Morgan fingerprint density at radius 1 is 1.41 bits per heavy atom. The molecule has 2 fully saturated rings. The van der Waals surface area contributed by atoms with E-state index in [0.29, 0.717) is 18.8 Å². The summed E-state index contributed by atoms with van der Waals surface area (Å²) in [5, 5.41) is 5.84. The van der Waals surface area contributed by atoms with Gasteiger partial charge in [0.25, 0.3) is 5.91 Å². The number of carbonyl (C=O) groups excluding carboxylic acids is 1. The average Bonchev–Trinajstić information content (AvgIpc) is 3.20. The minimum absolute atomic E-state index is 0.0888. The number of aryl methyl sites for hydroxylation is 1. The molecule has 0 radical (unpaired) electrons. The lowest BCUT2D eigenvalue weighted by Gasteiger charge is -2.22. The zero-order valence-corrected chi connectivity index (χ0v) is 13.7. The summed E-state index contributed by atoms with van der Waals surface area (Å²) < 4.78 is 28.7. The molecule has 1 spiro atoms. The number of hydrogen-bond donors (Lipinski definition) is 2. The molecule has 1 atom stereocenters. The van der Waals surface area contributed by atoms with Crippen molar-refractivity contribution in [3.63, 3.8) is 0 Å². The van der Waals surface area contributed by atoms with Crippen LogP contribution in [0.2, 0.25) is 0 Å². The molecule has 2 aliphatic rings. The van der Waals surface area contributed by atoms with Crippen molar-refractivity contribution in [2.75, 3.05) is 33.2 Å². The number of rotatable bonds is 3. The van der Waals surface area contributed by atoms with E-state index in [1.807, 2.05) is 0 Å². The van der Waals surface area contributed by atoms with Crippen LogP contribution in [0.5, 0.6) is 0 Å². The highest BCUT2D eigenvalue weighted by molar-refractivity contribution is 7.89. The zero-order chi connectivity index (χ0) is 16.0. The van der Waals surface area contributed by atoms with E-state index in [1.165, 1.54) is 19.3 Å². The van der Waals surface area contributed by atoms with Crippen molar-refractivity contribution in [1.29, 1.82) is 0 Å². The van der Waals surface area contributed by atoms with E-state index in [4.69, 9.17) is 0 Å². The molecule has 8 heteroatoms. The van der Waals surface area contributed by atoms with Crippen LogP contribution >= 0.6 is 0 Å².